The maximum atomic E-state index is 13.5. The number of rotatable bonds is 8. The Morgan fingerprint density at radius 1 is 1.09 bits per heavy atom. The molecular formula is C27H25Cl2N3O3. The highest BCUT2D eigenvalue weighted by Crippen LogP contribution is 2.33. The third-order valence-electron chi connectivity index (χ3n) is 6.11. The topological polar surface area (TPSA) is 65.4 Å². The van der Waals surface area contributed by atoms with E-state index in [-0.39, 0.29) is 12.7 Å². The van der Waals surface area contributed by atoms with E-state index in [1.807, 2.05) is 54.6 Å². The van der Waals surface area contributed by atoms with E-state index >= 15 is 0 Å². The summed E-state index contributed by atoms with van der Waals surface area (Å²) in [6, 6.07) is 18.6. The van der Waals surface area contributed by atoms with Crippen LogP contribution >= 0.6 is 23.2 Å². The van der Waals surface area contributed by atoms with Crippen LogP contribution < -0.4 is 14.8 Å². The molecule has 5 rings (SSSR count). The minimum absolute atomic E-state index is 0.0591. The molecule has 2 heterocycles. The lowest BCUT2D eigenvalue weighted by molar-refractivity contribution is -0.124. The van der Waals surface area contributed by atoms with Crippen molar-refractivity contribution in [3.63, 3.8) is 0 Å². The van der Waals surface area contributed by atoms with Gasteiger partial charge in [0.15, 0.2) is 11.5 Å². The Morgan fingerprint density at radius 3 is 2.74 bits per heavy atom. The number of aromatic nitrogens is 2. The molecular weight excluding hydrogens is 485 g/mol. The normalized spacial score (nSPS) is 13.2. The fourth-order valence-electron chi connectivity index (χ4n) is 4.41. The molecule has 1 aliphatic rings. The zero-order valence-electron chi connectivity index (χ0n) is 19.3. The number of amides is 1. The summed E-state index contributed by atoms with van der Waals surface area (Å²) in [6.07, 6.45) is 2.00. The first-order chi connectivity index (χ1) is 17.0. The molecule has 1 N–H and O–H groups in total. The van der Waals surface area contributed by atoms with E-state index < -0.39 is 6.04 Å². The molecule has 0 radical (unpaired) electrons. The van der Waals surface area contributed by atoms with Gasteiger partial charge in [0, 0.05) is 23.0 Å². The molecule has 0 fully saturated rings. The Labute approximate surface area is 213 Å². The number of nitrogens with one attached hydrogen (secondary N) is 1. The van der Waals surface area contributed by atoms with Crippen molar-refractivity contribution in [1.29, 1.82) is 0 Å². The highest BCUT2D eigenvalue weighted by atomic mass is 35.5. The van der Waals surface area contributed by atoms with Gasteiger partial charge < -0.3 is 19.4 Å². The van der Waals surface area contributed by atoms with Crippen LogP contribution in [0.15, 0.2) is 60.7 Å². The number of ether oxygens (including phenoxy) is 2. The summed E-state index contributed by atoms with van der Waals surface area (Å²) in [7, 11) is 0. The summed E-state index contributed by atoms with van der Waals surface area (Å²) in [6.45, 7) is 2.69. The zero-order chi connectivity index (χ0) is 24.4. The van der Waals surface area contributed by atoms with Crippen molar-refractivity contribution in [2.24, 2.45) is 0 Å². The summed E-state index contributed by atoms with van der Waals surface area (Å²) in [5.41, 5.74) is 3.62. The van der Waals surface area contributed by atoms with Crippen molar-refractivity contribution in [1.82, 2.24) is 14.9 Å². The number of benzene rings is 3. The molecule has 1 amide bonds. The van der Waals surface area contributed by atoms with Gasteiger partial charge in [-0.3, -0.25) is 4.79 Å². The smallest absolute Gasteiger partial charge is 0.243 e. The van der Waals surface area contributed by atoms with Crippen LogP contribution in [0.2, 0.25) is 10.0 Å². The van der Waals surface area contributed by atoms with Gasteiger partial charge in [0.2, 0.25) is 12.7 Å². The van der Waals surface area contributed by atoms with Gasteiger partial charge in [0.05, 0.1) is 11.0 Å². The number of hydrogen-bond donors (Lipinski definition) is 1. The predicted octanol–water partition coefficient (Wildman–Crippen LogP) is 6.32. The van der Waals surface area contributed by atoms with Crippen molar-refractivity contribution < 1.29 is 14.3 Å². The third-order valence-corrected chi connectivity index (χ3v) is 6.70. The standard InChI is InChI=1S/C27H25Cl2N3O3/c1-2-5-23(27(33)30-15-17-8-11-24-25(12-17)35-16-34-24)32-22-7-4-3-6-21(22)31-26(32)13-18-9-10-19(28)14-20(18)29/h3-4,6-12,14,23H,2,5,13,15-16H2,1H3,(H,30,33). The van der Waals surface area contributed by atoms with Gasteiger partial charge in [-0.15, -0.1) is 0 Å². The number of hydrogen-bond acceptors (Lipinski definition) is 4. The van der Waals surface area contributed by atoms with Crippen molar-refractivity contribution >= 4 is 40.1 Å². The van der Waals surface area contributed by atoms with Crippen molar-refractivity contribution in [3.05, 3.63) is 87.7 Å². The molecule has 0 saturated carbocycles. The first-order valence-corrected chi connectivity index (χ1v) is 12.3. The quantitative estimate of drug-likeness (QED) is 0.301. The van der Waals surface area contributed by atoms with Crippen LogP contribution in [0.5, 0.6) is 11.5 Å². The molecule has 8 heteroatoms. The van der Waals surface area contributed by atoms with Gasteiger partial charge in [-0.1, -0.05) is 60.8 Å². The second-order valence-corrected chi connectivity index (χ2v) is 9.35. The molecule has 180 valence electrons. The number of carbonyl (C=O) groups is 1. The highest BCUT2D eigenvalue weighted by molar-refractivity contribution is 6.35. The number of fused-ring (bicyclic) bond motifs is 2. The van der Waals surface area contributed by atoms with Crippen molar-refractivity contribution in [2.75, 3.05) is 6.79 Å². The minimum Gasteiger partial charge on any atom is -0.454 e. The van der Waals surface area contributed by atoms with Crippen LogP contribution in [0.3, 0.4) is 0 Å². The van der Waals surface area contributed by atoms with Gasteiger partial charge in [-0.25, -0.2) is 4.98 Å². The van der Waals surface area contributed by atoms with E-state index in [4.69, 9.17) is 37.7 Å². The summed E-state index contributed by atoms with van der Waals surface area (Å²) < 4.78 is 12.9. The minimum atomic E-state index is -0.414. The Morgan fingerprint density at radius 2 is 1.91 bits per heavy atom. The van der Waals surface area contributed by atoms with Crippen LogP contribution in [0.25, 0.3) is 11.0 Å². The van der Waals surface area contributed by atoms with Crippen LogP contribution in [0.4, 0.5) is 0 Å². The van der Waals surface area contributed by atoms with E-state index in [0.717, 1.165) is 40.2 Å². The Bertz CT molecular complexity index is 1390. The predicted molar refractivity (Wildman–Crippen MR) is 137 cm³/mol. The first-order valence-electron chi connectivity index (χ1n) is 11.6. The lowest BCUT2D eigenvalue weighted by Gasteiger charge is -2.21. The molecule has 4 aromatic rings. The SMILES string of the molecule is CCCC(C(=O)NCc1ccc2c(c1)OCO2)n1c(Cc2ccc(Cl)cc2Cl)nc2ccccc21. The molecule has 1 unspecified atom stereocenters. The third kappa shape index (κ3) is 4.95. The van der Waals surface area contributed by atoms with Gasteiger partial charge in [-0.2, -0.15) is 0 Å². The number of carbonyl (C=O) groups excluding carboxylic acids is 1. The maximum Gasteiger partial charge on any atom is 0.243 e. The molecule has 1 atom stereocenters. The largest absolute Gasteiger partial charge is 0.454 e. The van der Waals surface area contributed by atoms with Gasteiger partial charge >= 0.3 is 0 Å². The highest BCUT2D eigenvalue weighted by Gasteiger charge is 2.25. The molecule has 0 saturated heterocycles. The molecule has 1 aromatic heterocycles. The van der Waals surface area contributed by atoms with Crippen LogP contribution in [0, 0.1) is 0 Å². The molecule has 35 heavy (non-hydrogen) atoms. The average Bonchev–Trinajstić information content (AvgIpc) is 3.46. The van der Waals surface area contributed by atoms with Crippen molar-refractivity contribution in [3.8, 4) is 11.5 Å². The van der Waals surface area contributed by atoms with E-state index in [1.54, 1.807) is 6.07 Å². The number of nitrogens with zero attached hydrogens (tertiary/aromatic N) is 2. The molecule has 1 aliphatic heterocycles. The fraction of sp³-hybridized carbons (Fsp3) is 0.259. The van der Waals surface area contributed by atoms with E-state index in [9.17, 15) is 4.79 Å². The van der Waals surface area contributed by atoms with Crippen LogP contribution in [-0.2, 0) is 17.8 Å². The van der Waals surface area contributed by atoms with Crippen LogP contribution in [-0.4, -0.2) is 22.3 Å². The second-order valence-electron chi connectivity index (χ2n) is 8.51. The molecule has 0 bridgehead atoms. The van der Waals surface area contributed by atoms with Gasteiger partial charge in [0.1, 0.15) is 11.9 Å². The summed E-state index contributed by atoms with van der Waals surface area (Å²) in [5, 5.41) is 4.27. The fourth-order valence-corrected chi connectivity index (χ4v) is 4.89. The van der Waals surface area contributed by atoms with Crippen LogP contribution in [0.1, 0.15) is 42.8 Å². The second kappa shape index (κ2) is 10.2. The number of para-hydroxylation sites is 2. The number of halogens is 2. The first kappa shape index (κ1) is 23.5. The lowest BCUT2D eigenvalue weighted by Crippen LogP contribution is -2.33. The molecule has 0 spiro atoms. The molecule has 3 aromatic carbocycles. The van der Waals surface area contributed by atoms with Gasteiger partial charge in [0.25, 0.3) is 0 Å². The monoisotopic (exact) mass is 509 g/mol. The van der Waals surface area contributed by atoms with E-state index in [1.165, 1.54) is 0 Å². The van der Waals surface area contributed by atoms with Gasteiger partial charge in [-0.05, 0) is 53.9 Å². The molecule has 0 aliphatic carbocycles. The maximum absolute atomic E-state index is 13.5. The number of imidazole rings is 1. The Kier molecular flexibility index (Phi) is 6.84. The summed E-state index contributed by atoms with van der Waals surface area (Å²) in [4.78, 5) is 18.4. The summed E-state index contributed by atoms with van der Waals surface area (Å²) in [5.74, 6) is 2.15. The molecule has 6 nitrogen and oxygen atoms in total. The summed E-state index contributed by atoms with van der Waals surface area (Å²) >= 11 is 12.6. The van der Waals surface area contributed by atoms with Crippen molar-refractivity contribution in [2.45, 2.75) is 38.8 Å². The Hall–Kier alpha value is -3.22. The van der Waals surface area contributed by atoms with E-state index in [0.29, 0.717) is 35.2 Å². The lowest BCUT2D eigenvalue weighted by atomic mass is 10.1. The average molecular weight is 510 g/mol. The zero-order valence-corrected chi connectivity index (χ0v) is 20.8. The Balaban J connectivity index is 1.45. The van der Waals surface area contributed by atoms with E-state index in [2.05, 4.69) is 16.8 Å².